The number of thioether (sulfide) groups is 1. The van der Waals surface area contributed by atoms with Gasteiger partial charge in [-0.1, -0.05) is 29.4 Å². The molecule has 1 amide bonds. The minimum Gasteiger partial charge on any atom is -0.368 e. The van der Waals surface area contributed by atoms with E-state index >= 15 is 0 Å². The van der Waals surface area contributed by atoms with E-state index in [9.17, 15) is 4.79 Å². The second-order valence-electron chi connectivity index (χ2n) is 4.61. The van der Waals surface area contributed by atoms with Crippen LogP contribution in [-0.2, 0) is 4.79 Å². The predicted octanol–water partition coefficient (Wildman–Crippen LogP) is 2.04. The third kappa shape index (κ3) is 4.22. The van der Waals surface area contributed by atoms with Crippen LogP contribution in [0.25, 0.3) is 0 Å². The zero-order valence-electron chi connectivity index (χ0n) is 12.1. The Kier molecular flexibility index (Phi) is 5.04. The van der Waals surface area contributed by atoms with E-state index in [1.54, 1.807) is 6.07 Å². The summed E-state index contributed by atoms with van der Waals surface area (Å²) in [5.41, 5.74) is 13.5. The number of nitrogens with one attached hydrogen (secondary N) is 1. The van der Waals surface area contributed by atoms with Gasteiger partial charge in [0.2, 0.25) is 17.8 Å². The average molecular weight is 339 g/mol. The van der Waals surface area contributed by atoms with Gasteiger partial charge in [0.1, 0.15) is 0 Å². The Morgan fingerprint density at radius 1 is 1.23 bits per heavy atom. The fourth-order valence-electron chi connectivity index (χ4n) is 1.83. The number of nitrogens with zero attached hydrogens (tertiary/aromatic N) is 3. The Bertz CT molecular complexity index is 680. The van der Waals surface area contributed by atoms with Crippen LogP contribution in [0, 0.1) is 13.8 Å². The molecule has 1 aromatic carbocycles. The lowest BCUT2D eigenvalue weighted by molar-refractivity contribution is -0.113. The van der Waals surface area contributed by atoms with E-state index in [-0.39, 0.29) is 23.6 Å². The fourth-order valence-corrected chi connectivity index (χ4v) is 2.85. The van der Waals surface area contributed by atoms with Crippen LogP contribution in [0.1, 0.15) is 11.1 Å². The van der Waals surface area contributed by atoms with Crippen molar-refractivity contribution < 1.29 is 4.79 Å². The molecular formula is C13H15ClN6OS. The van der Waals surface area contributed by atoms with Crippen molar-refractivity contribution in [3.63, 3.8) is 0 Å². The molecule has 1 heterocycles. The summed E-state index contributed by atoms with van der Waals surface area (Å²) in [6, 6.07) is 3.74. The van der Waals surface area contributed by atoms with Crippen LogP contribution in [0.4, 0.5) is 17.6 Å². The Labute approximate surface area is 136 Å². The highest BCUT2D eigenvalue weighted by atomic mass is 35.5. The number of amides is 1. The van der Waals surface area contributed by atoms with Gasteiger partial charge in [0.15, 0.2) is 5.16 Å². The molecule has 0 aliphatic rings. The number of hydrogen-bond donors (Lipinski definition) is 3. The third-order valence-corrected chi connectivity index (χ3v) is 3.82. The molecule has 2 aromatic rings. The normalized spacial score (nSPS) is 10.5. The number of nitrogen functional groups attached to an aromatic ring is 2. The van der Waals surface area contributed by atoms with Crippen molar-refractivity contribution in [2.24, 2.45) is 0 Å². The summed E-state index contributed by atoms with van der Waals surface area (Å²) in [6.07, 6.45) is 0. The molecule has 0 saturated heterocycles. The van der Waals surface area contributed by atoms with Crippen LogP contribution in [0.2, 0.25) is 5.02 Å². The number of carbonyl (C=O) groups excluding carboxylic acids is 1. The number of benzene rings is 1. The lowest BCUT2D eigenvalue weighted by Crippen LogP contribution is -2.16. The van der Waals surface area contributed by atoms with Crippen molar-refractivity contribution in [1.82, 2.24) is 15.0 Å². The largest absolute Gasteiger partial charge is 0.368 e. The zero-order chi connectivity index (χ0) is 16.3. The second-order valence-corrected chi connectivity index (χ2v) is 5.96. The van der Waals surface area contributed by atoms with Crippen molar-refractivity contribution in [1.29, 1.82) is 0 Å². The van der Waals surface area contributed by atoms with Crippen LogP contribution in [-0.4, -0.2) is 26.6 Å². The molecule has 0 radical (unpaired) electrons. The maximum Gasteiger partial charge on any atom is 0.234 e. The SMILES string of the molecule is Cc1cc(C)c(NC(=O)CSc2nc(N)nc(N)n2)c(Cl)c1. The molecule has 0 aliphatic heterocycles. The molecule has 0 unspecified atom stereocenters. The topological polar surface area (TPSA) is 120 Å². The predicted molar refractivity (Wildman–Crippen MR) is 88.9 cm³/mol. The van der Waals surface area contributed by atoms with Gasteiger partial charge in [-0.3, -0.25) is 4.79 Å². The Balaban J connectivity index is 2.02. The zero-order valence-corrected chi connectivity index (χ0v) is 13.6. The summed E-state index contributed by atoms with van der Waals surface area (Å²) in [5, 5.41) is 3.58. The second kappa shape index (κ2) is 6.80. The van der Waals surface area contributed by atoms with Crippen molar-refractivity contribution in [3.05, 3.63) is 28.3 Å². The van der Waals surface area contributed by atoms with Gasteiger partial charge in [0, 0.05) is 0 Å². The van der Waals surface area contributed by atoms with E-state index in [0.29, 0.717) is 15.9 Å². The highest BCUT2D eigenvalue weighted by molar-refractivity contribution is 7.99. The Morgan fingerprint density at radius 3 is 2.45 bits per heavy atom. The monoisotopic (exact) mass is 338 g/mol. The number of anilines is 3. The maximum absolute atomic E-state index is 12.0. The van der Waals surface area contributed by atoms with Crippen LogP contribution in [0.15, 0.2) is 17.3 Å². The van der Waals surface area contributed by atoms with Crippen LogP contribution < -0.4 is 16.8 Å². The van der Waals surface area contributed by atoms with Crippen LogP contribution >= 0.6 is 23.4 Å². The van der Waals surface area contributed by atoms with Crippen molar-refractivity contribution >= 4 is 46.9 Å². The molecule has 0 atom stereocenters. The molecule has 0 aliphatic carbocycles. The molecule has 0 bridgehead atoms. The molecule has 116 valence electrons. The molecule has 9 heteroatoms. The quantitative estimate of drug-likeness (QED) is 0.729. The van der Waals surface area contributed by atoms with Gasteiger partial charge in [-0.15, -0.1) is 0 Å². The molecule has 7 nitrogen and oxygen atoms in total. The third-order valence-electron chi connectivity index (χ3n) is 2.68. The summed E-state index contributed by atoms with van der Waals surface area (Å²) >= 11 is 7.26. The first-order valence-corrected chi connectivity index (χ1v) is 7.68. The van der Waals surface area contributed by atoms with Crippen molar-refractivity contribution in [2.75, 3.05) is 22.5 Å². The van der Waals surface area contributed by atoms with Crippen molar-refractivity contribution in [2.45, 2.75) is 19.0 Å². The molecule has 22 heavy (non-hydrogen) atoms. The van der Waals surface area contributed by atoms with Crippen LogP contribution in [0.3, 0.4) is 0 Å². The first-order valence-electron chi connectivity index (χ1n) is 6.31. The number of rotatable bonds is 4. The smallest absolute Gasteiger partial charge is 0.234 e. The standard InChI is InChI=1S/C13H15ClN6OS/c1-6-3-7(2)10(8(14)4-6)17-9(21)5-22-13-19-11(15)18-12(16)20-13/h3-4H,5H2,1-2H3,(H,17,21)(H4,15,16,18,19,20). The lowest BCUT2D eigenvalue weighted by atomic mass is 10.1. The summed E-state index contributed by atoms with van der Waals surface area (Å²) in [4.78, 5) is 23.5. The van der Waals surface area contributed by atoms with Gasteiger partial charge in [0.25, 0.3) is 0 Å². The Morgan fingerprint density at radius 2 is 1.86 bits per heavy atom. The summed E-state index contributed by atoms with van der Waals surface area (Å²) in [6.45, 7) is 3.82. The van der Waals surface area contributed by atoms with E-state index in [2.05, 4.69) is 20.3 Å². The molecule has 5 N–H and O–H groups in total. The molecule has 0 fully saturated rings. The number of aryl methyl sites for hydroxylation is 2. The molecule has 0 spiro atoms. The molecule has 0 saturated carbocycles. The van der Waals surface area contributed by atoms with Gasteiger partial charge in [-0.25, -0.2) is 0 Å². The highest BCUT2D eigenvalue weighted by Crippen LogP contribution is 2.27. The number of nitrogens with two attached hydrogens (primary N) is 2. The fraction of sp³-hybridized carbons (Fsp3) is 0.231. The van der Waals surface area contributed by atoms with E-state index < -0.39 is 0 Å². The van der Waals surface area contributed by atoms with Gasteiger partial charge in [-0.05, 0) is 31.0 Å². The summed E-state index contributed by atoms with van der Waals surface area (Å²) in [7, 11) is 0. The number of carbonyl (C=O) groups is 1. The molecule has 2 rings (SSSR count). The van der Waals surface area contributed by atoms with E-state index in [4.69, 9.17) is 23.1 Å². The molecule has 1 aromatic heterocycles. The minimum absolute atomic E-state index is 0.0211. The summed E-state index contributed by atoms with van der Waals surface area (Å²) in [5.74, 6) is -0.0796. The van der Waals surface area contributed by atoms with Gasteiger partial charge in [-0.2, -0.15) is 15.0 Å². The van der Waals surface area contributed by atoms with Gasteiger partial charge in [0.05, 0.1) is 16.5 Å². The number of halogens is 1. The first kappa shape index (κ1) is 16.3. The van der Waals surface area contributed by atoms with E-state index in [1.807, 2.05) is 19.9 Å². The number of aromatic nitrogens is 3. The van der Waals surface area contributed by atoms with Gasteiger partial charge < -0.3 is 16.8 Å². The maximum atomic E-state index is 12.0. The average Bonchev–Trinajstić information content (AvgIpc) is 2.39. The Hall–Kier alpha value is -2.06. The van der Waals surface area contributed by atoms with E-state index in [1.165, 1.54) is 0 Å². The summed E-state index contributed by atoms with van der Waals surface area (Å²) < 4.78 is 0. The lowest BCUT2D eigenvalue weighted by Gasteiger charge is -2.11. The van der Waals surface area contributed by atoms with Crippen LogP contribution in [0.5, 0.6) is 0 Å². The van der Waals surface area contributed by atoms with Crippen molar-refractivity contribution in [3.8, 4) is 0 Å². The number of hydrogen-bond acceptors (Lipinski definition) is 7. The van der Waals surface area contributed by atoms with Gasteiger partial charge >= 0.3 is 0 Å². The van der Waals surface area contributed by atoms with E-state index in [0.717, 1.165) is 22.9 Å². The first-order chi connectivity index (χ1) is 10.3. The highest BCUT2D eigenvalue weighted by Gasteiger charge is 2.11. The molecular weight excluding hydrogens is 324 g/mol. The minimum atomic E-state index is -0.226.